The van der Waals surface area contributed by atoms with Gasteiger partial charge < -0.3 is 9.80 Å². The highest BCUT2D eigenvalue weighted by molar-refractivity contribution is 5.99. The standard InChI is InChI=1S/C23H21F2N3O2/c1-15-19(13-16-7-8-17(24)14-21(16)26-15)23(30)28-10-4-9-27(11-12-28)22(29)18-5-2-3-6-20(18)25/h2-3,5-8,13-14H,4,9-12H2,1H3. The summed E-state index contributed by atoms with van der Waals surface area (Å²) in [5.74, 6) is -1.46. The number of fused-ring (bicyclic) bond motifs is 1. The molecule has 1 fully saturated rings. The average molecular weight is 409 g/mol. The zero-order chi connectivity index (χ0) is 21.3. The highest BCUT2D eigenvalue weighted by Gasteiger charge is 2.26. The summed E-state index contributed by atoms with van der Waals surface area (Å²) in [6.07, 6.45) is 0.594. The van der Waals surface area contributed by atoms with E-state index >= 15 is 0 Å². The molecule has 154 valence electrons. The Labute approximate surface area is 172 Å². The normalized spacial score (nSPS) is 14.6. The van der Waals surface area contributed by atoms with Crippen molar-refractivity contribution in [2.75, 3.05) is 26.2 Å². The number of aromatic nitrogens is 1. The number of carbonyl (C=O) groups is 2. The Morgan fingerprint density at radius 3 is 2.23 bits per heavy atom. The van der Waals surface area contributed by atoms with E-state index in [-0.39, 0.29) is 23.2 Å². The van der Waals surface area contributed by atoms with Gasteiger partial charge in [-0.05, 0) is 43.7 Å². The van der Waals surface area contributed by atoms with E-state index in [4.69, 9.17) is 0 Å². The van der Waals surface area contributed by atoms with Gasteiger partial charge in [-0.1, -0.05) is 12.1 Å². The molecule has 3 aromatic rings. The summed E-state index contributed by atoms with van der Waals surface area (Å²) < 4.78 is 27.4. The van der Waals surface area contributed by atoms with E-state index in [1.165, 1.54) is 24.3 Å². The molecule has 0 radical (unpaired) electrons. The van der Waals surface area contributed by atoms with Crippen LogP contribution in [0.3, 0.4) is 0 Å². The molecule has 1 saturated heterocycles. The lowest BCUT2D eigenvalue weighted by Crippen LogP contribution is -2.37. The van der Waals surface area contributed by atoms with Crippen LogP contribution >= 0.6 is 0 Å². The van der Waals surface area contributed by atoms with Crippen LogP contribution in [0.2, 0.25) is 0 Å². The van der Waals surface area contributed by atoms with Gasteiger partial charge in [-0.15, -0.1) is 0 Å². The monoisotopic (exact) mass is 409 g/mol. The minimum atomic E-state index is -0.547. The lowest BCUT2D eigenvalue weighted by Gasteiger charge is -2.23. The first-order valence-electron chi connectivity index (χ1n) is 9.84. The fourth-order valence-electron chi connectivity index (χ4n) is 3.75. The predicted molar refractivity (Wildman–Crippen MR) is 109 cm³/mol. The molecule has 0 saturated carbocycles. The maximum atomic E-state index is 14.0. The Morgan fingerprint density at radius 1 is 0.867 bits per heavy atom. The Morgan fingerprint density at radius 2 is 1.53 bits per heavy atom. The molecule has 30 heavy (non-hydrogen) atoms. The Hall–Kier alpha value is -3.35. The van der Waals surface area contributed by atoms with E-state index in [2.05, 4.69) is 4.98 Å². The Bertz CT molecular complexity index is 1130. The van der Waals surface area contributed by atoms with Crippen molar-refractivity contribution >= 4 is 22.7 Å². The largest absolute Gasteiger partial charge is 0.337 e. The topological polar surface area (TPSA) is 53.5 Å². The molecule has 0 bridgehead atoms. The van der Waals surface area contributed by atoms with Gasteiger partial charge in [0, 0.05) is 37.6 Å². The van der Waals surface area contributed by atoms with Crippen molar-refractivity contribution in [1.29, 1.82) is 0 Å². The molecule has 2 amide bonds. The van der Waals surface area contributed by atoms with Gasteiger partial charge in [-0.3, -0.25) is 14.6 Å². The van der Waals surface area contributed by atoms with Gasteiger partial charge in [0.25, 0.3) is 11.8 Å². The summed E-state index contributed by atoms with van der Waals surface area (Å²) in [5.41, 5.74) is 1.53. The van der Waals surface area contributed by atoms with E-state index < -0.39 is 5.82 Å². The van der Waals surface area contributed by atoms with E-state index in [1.54, 1.807) is 41.0 Å². The fourth-order valence-corrected chi connectivity index (χ4v) is 3.75. The first kappa shape index (κ1) is 19.9. The minimum Gasteiger partial charge on any atom is -0.337 e. The number of amides is 2. The first-order chi connectivity index (χ1) is 14.4. The van der Waals surface area contributed by atoms with Gasteiger partial charge in [-0.25, -0.2) is 8.78 Å². The van der Waals surface area contributed by atoms with Crippen LogP contribution in [0.5, 0.6) is 0 Å². The van der Waals surface area contributed by atoms with Crippen molar-refractivity contribution < 1.29 is 18.4 Å². The SMILES string of the molecule is Cc1nc2cc(F)ccc2cc1C(=O)N1CCCN(C(=O)c2ccccc2F)CC1. The molecule has 5 nitrogen and oxygen atoms in total. The molecule has 0 atom stereocenters. The summed E-state index contributed by atoms with van der Waals surface area (Å²) in [5, 5.41) is 0.691. The highest BCUT2D eigenvalue weighted by Crippen LogP contribution is 2.20. The molecule has 2 heterocycles. The molecule has 0 spiro atoms. The van der Waals surface area contributed by atoms with Gasteiger partial charge in [-0.2, -0.15) is 0 Å². The quantitative estimate of drug-likeness (QED) is 0.647. The molecule has 2 aromatic carbocycles. The van der Waals surface area contributed by atoms with Crippen molar-refractivity contribution in [2.45, 2.75) is 13.3 Å². The number of carbonyl (C=O) groups excluding carboxylic acids is 2. The number of hydrogen-bond donors (Lipinski definition) is 0. The smallest absolute Gasteiger partial charge is 0.256 e. The number of benzene rings is 2. The van der Waals surface area contributed by atoms with Crippen LogP contribution in [-0.2, 0) is 0 Å². The summed E-state index contributed by atoms with van der Waals surface area (Å²) in [4.78, 5) is 33.5. The van der Waals surface area contributed by atoms with E-state index in [1.807, 2.05) is 0 Å². The molecule has 1 aliphatic rings. The summed E-state index contributed by atoms with van der Waals surface area (Å²) in [6.45, 7) is 3.33. The number of hydrogen-bond acceptors (Lipinski definition) is 3. The second-order valence-electron chi connectivity index (χ2n) is 7.38. The van der Waals surface area contributed by atoms with Crippen LogP contribution in [0.25, 0.3) is 10.9 Å². The van der Waals surface area contributed by atoms with Crippen molar-refractivity contribution in [2.24, 2.45) is 0 Å². The van der Waals surface area contributed by atoms with Crippen LogP contribution in [0.1, 0.15) is 32.8 Å². The van der Waals surface area contributed by atoms with Crippen LogP contribution in [0, 0.1) is 18.6 Å². The molecular weight excluding hydrogens is 388 g/mol. The van der Waals surface area contributed by atoms with Gasteiger partial charge in [0.05, 0.1) is 22.3 Å². The van der Waals surface area contributed by atoms with Gasteiger partial charge in [0.1, 0.15) is 11.6 Å². The van der Waals surface area contributed by atoms with Crippen molar-refractivity contribution in [1.82, 2.24) is 14.8 Å². The van der Waals surface area contributed by atoms with Gasteiger partial charge in [0.2, 0.25) is 0 Å². The maximum Gasteiger partial charge on any atom is 0.256 e. The van der Waals surface area contributed by atoms with E-state index in [0.29, 0.717) is 54.8 Å². The molecule has 0 N–H and O–H groups in total. The molecule has 1 aromatic heterocycles. The number of rotatable bonds is 2. The zero-order valence-electron chi connectivity index (χ0n) is 16.6. The number of halogens is 2. The maximum absolute atomic E-state index is 14.0. The minimum absolute atomic E-state index is 0.0408. The Balaban J connectivity index is 1.52. The number of pyridine rings is 1. The zero-order valence-corrected chi connectivity index (χ0v) is 16.6. The first-order valence-corrected chi connectivity index (χ1v) is 9.84. The lowest BCUT2D eigenvalue weighted by atomic mass is 10.1. The summed E-state index contributed by atoms with van der Waals surface area (Å²) in [6, 6.07) is 11.9. The summed E-state index contributed by atoms with van der Waals surface area (Å²) >= 11 is 0. The van der Waals surface area contributed by atoms with Crippen molar-refractivity contribution in [3.05, 3.63) is 77.0 Å². The van der Waals surface area contributed by atoms with Crippen molar-refractivity contribution in [3.63, 3.8) is 0 Å². The second kappa shape index (κ2) is 8.18. The number of aryl methyl sites for hydroxylation is 1. The van der Waals surface area contributed by atoms with E-state index in [0.717, 1.165) is 0 Å². The molecule has 0 unspecified atom stereocenters. The highest BCUT2D eigenvalue weighted by atomic mass is 19.1. The third-order valence-electron chi connectivity index (χ3n) is 5.38. The Kier molecular flexibility index (Phi) is 5.44. The molecule has 0 aliphatic carbocycles. The van der Waals surface area contributed by atoms with Crippen LogP contribution in [-0.4, -0.2) is 52.8 Å². The fraction of sp³-hybridized carbons (Fsp3) is 0.261. The third-order valence-corrected chi connectivity index (χ3v) is 5.38. The number of nitrogens with zero attached hydrogens (tertiary/aromatic N) is 3. The predicted octanol–water partition coefficient (Wildman–Crippen LogP) is 3.81. The van der Waals surface area contributed by atoms with Gasteiger partial charge in [0.15, 0.2) is 0 Å². The second-order valence-corrected chi connectivity index (χ2v) is 7.38. The average Bonchev–Trinajstić information content (AvgIpc) is 2.99. The lowest BCUT2D eigenvalue weighted by molar-refractivity contribution is 0.0715. The summed E-state index contributed by atoms with van der Waals surface area (Å²) in [7, 11) is 0. The van der Waals surface area contributed by atoms with Crippen LogP contribution < -0.4 is 0 Å². The van der Waals surface area contributed by atoms with Crippen molar-refractivity contribution in [3.8, 4) is 0 Å². The molecule has 1 aliphatic heterocycles. The van der Waals surface area contributed by atoms with Crippen LogP contribution in [0.15, 0.2) is 48.5 Å². The van der Waals surface area contributed by atoms with E-state index in [9.17, 15) is 18.4 Å². The molecular formula is C23H21F2N3O2. The third kappa shape index (κ3) is 3.87. The molecule has 7 heteroatoms. The van der Waals surface area contributed by atoms with Gasteiger partial charge >= 0.3 is 0 Å². The van der Waals surface area contributed by atoms with Crippen LogP contribution in [0.4, 0.5) is 8.78 Å². The molecule has 4 rings (SSSR count).